The van der Waals surface area contributed by atoms with Crippen molar-refractivity contribution in [2.24, 2.45) is 0 Å². The summed E-state index contributed by atoms with van der Waals surface area (Å²) >= 11 is 6.22. The van der Waals surface area contributed by atoms with Crippen LogP contribution in [0.3, 0.4) is 0 Å². The molecule has 2 aromatic rings. The van der Waals surface area contributed by atoms with Crippen molar-refractivity contribution >= 4 is 35.3 Å². The molecular weight excluding hydrogens is 490 g/mol. The van der Waals surface area contributed by atoms with Crippen LogP contribution < -0.4 is 16.0 Å². The second-order valence-electron chi connectivity index (χ2n) is 7.97. The van der Waals surface area contributed by atoms with Gasteiger partial charge in [-0.2, -0.15) is 0 Å². The van der Waals surface area contributed by atoms with E-state index < -0.39 is 35.8 Å². The topological polar surface area (TPSA) is 165 Å². The van der Waals surface area contributed by atoms with E-state index in [1.54, 1.807) is 30.3 Å². The largest absolute Gasteiger partial charge is 0.508 e. The van der Waals surface area contributed by atoms with Gasteiger partial charge in [0.15, 0.2) is 0 Å². The van der Waals surface area contributed by atoms with Gasteiger partial charge >= 0.3 is 5.97 Å². The Bertz CT molecular complexity index is 1230. The van der Waals surface area contributed by atoms with Gasteiger partial charge in [-0.3, -0.25) is 14.4 Å². The molecule has 0 radical (unpaired) electrons. The zero-order chi connectivity index (χ0) is 26.2. The first-order valence-corrected chi connectivity index (χ1v) is 11.2. The number of carbonyl (C=O) groups is 4. The highest BCUT2D eigenvalue weighted by Crippen LogP contribution is 2.19. The standard InChI is InChI=1S/C25H24ClN3O7/c26-20-8-14(12-27-23(33)16-9-17(30)11-18(31)10-16)6-7-19(20)24(34)29-21(25(35)36)13-28-22(32)15-4-2-1-3-5-15/h1-9,11,18,21,30-31H,10,12-13H2,(H,27,33)(H,28,32)(H,29,34)(H,35,36). The average Bonchev–Trinajstić information content (AvgIpc) is 2.84. The van der Waals surface area contributed by atoms with Crippen LogP contribution in [0.15, 0.2) is 72.0 Å². The molecule has 0 aliphatic heterocycles. The van der Waals surface area contributed by atoms with Crippen molar-refractivity contribution in [2.75, 3.05) is 6.54 Å². The van der Waals surface area contributed by atoms with Gasteiger partial charge in [-0.1, -0.05) is 35.9 Å². The van der Waals surface area contributed by atoms with Gasteiger partial charge < -0.3 is 31.3 Å². The first kappa shape index (κ1) is 26.5. The lowest BCUT2D eigenvalue weighted by Gasteiger charge is -2.17. The Kier molecular flexibility index (Phi) is 8.82. The van der Waals surface area contributed by atoms with E-state index in [4.69, 9.17) is 11.6 Å². The smallest absolute Gasteiger partial charge is 0.328 e. The summed E-state index contributed by atoms with van der Waals surface area (Å²) in [7, 11) is 0. The third kappa shape index (κ3) is 7.17. The molecule has 0 heterocycles. The van der Waals surface area contributed by atoms with Gasteiger partial charge in [0, 0.05) is 30.6 Å². The highest BCUT2D eigenvalue weighted by Gasteiger charge is 2.23. The van der Waals surface area contributed by atoms with E-state index in [1.165, 1.54) is 30.4 Å². The molecule has 10 nitrogen and oxygen atoms in total. The van der Waals surface area contributed by atoms with E-state index in [2.05, 4.69) is 16.0 Å². The van der Waals surface area contributed by atoms with Crippen molar-refractivity contribution in [1.82, 2.24) is 16.0 Å². The van der Waals surface area contributed by atoms with Crippen LogP contribution in [0.1, 0.15) is 32.7 Å². The van der Waals surface area contributed by atoms with E-state index >= 15 is 0 Å². The summed E-state index contributed by atoms with van der Waals surface area (Å²) in [5.74, 6) is -3.24. The number of allylic oxidation sites excluding steroid dienone is 1. The number of halogens is 1. The number of aliphatic carboxylic acids is 1. The minimum atomic E-state index is -1.40. The molecule has 2 aromatic carbocycles. The molecular formula is C25H24ClN3O7. The number of aliphatic hydroxyl groups is 2. The summed E-state index contributed by atoms with van der Waals surface area (Å²) < 4.78 is 0. The Morgan fingerprint density at radius 2 is 1.72 bits per heavy atom. The van der Waals surface area contributed by atoms with E-state index in [1.807, 2.05) is 0 Å². The van der Waals surface area contributed by atoms with Gasteiger partial charge in [0.1, 0.15) is 11.8 Å². The van der Waals surface area contributed by atoms with Crippen LogP contribution in [-0.4, -0.2) is 57.7 Å². The lowest BCUT2D eigenvalue weighted by molar-refractivity contribution is -0.139. The summed E-state index contributed by atoms with van der Waals surface area (Å²) in [6.07, 6.45) is 1.60. The third-order valence-electron chi connectivity index (χ3n) is 5.24. The third-order valence-corrected chi connectivity index (χ3v) is 5.56. The number of carboxylic acids is 1. The predicted octanol–water partition coefficient (Wildman–Crippen LogP) is 1.70. The number of carboxylic acid groups (broad SMARTS) is 1. The summed E-state index contributed by atoms with van der Waals surface area (Å²) in [6.45, 7) is -0.284. The van der Waals surface area contributed by atoms with Crippen LogP contribution in [0.25, 0.3) is 0 Å². The van der Waals surface area contributed by atoms with E-state index in [-0.39, 0.29) is 41.4 Å². The number of benzene rings is 2. The number of carbonyl (C=O) groups excluding carboxylic acids is 3. The molecule has 3 amide bonds. The zero-order valence-corrected chi connectivity index (χ0v) is 19.7. The first-order chi connectivity index (χ1) is 17.1. The van der Waals surface area contributed by atoms with Gasteiger partial charge in [0.2, 0.25) is 5.91 Å². The SMILES string of the molecule is O=C(NCc1ccc(C(=O)NC(CNC(=O)c2ccccc2)C(=O)O)c(Cl)c1)C1=CC(O)=CC(O)C1. The predicted molar refractivity (Wildman–Crippen MR) is 130 cm³/mol. The fourth-order valence-electron chi connectivity index (χ4n) is 3.40. The maximum absolute atomic E-state index is 12.6. The van der Waals surface area contributed by atoms with Crippen LogP contribution in [0, 0.1) is 0 Å². The highest BCUT2D eigenvalue weighted by molar-refractivity contribution is 6.34. The van der Waals surface area contributed by atoms with E-state index in [0.717, 1.165) is 0 Å². The molecule has 0 spiro atoms. The van der Waals surface area contributed by atoms with Crippen molar-refractivity contribution in [3.05, 3.63) is 93.7 Å². The van der Waals surface area contributed by atoms with Crippen molar-refractivity contribution in [2.45, 2.75) is 25.1 Å². The van der Waals surface area contributed by atoms with Crippen LogP contribution in [0.5, 0.6) is 0 Å². The Morgan fingerprint density at radius 3 is 2.36 bits per heavy atom. The fourth-order valence-corrected chi connectivity index (χ4v) is 3.69. The molecule has 2 unspecified atom stereocenters. The Labute approximate surface area is 211 Å². The second-order valence-corrected chi connectivity index (χ2v) is 8.38. The number of hydrogen-bond donors (Lipinski definition) is 6. The van der Waals surface area contributed by atoms with Crippen LogP contribution in [0.2, 0.25) is 5.02 Å². The zero-order valence-electron chi connectivity index (χ0n) is 18.9. The summed E-state index contributed by atoms with van der Waals surface area (Å²) in [5, 5.41) is 36.1. The van der Waals surface area contributed by atoms with Crippen molar-refractivity contribution < 1.29 is 34.5 Å². The minimum Gasteiger partial charge on any atom is -0.508 e. The Hall–Kier alpha value is -4.15. The molecule has 0 saturated heterocycles. The maximum Gasteiger partial charge on any atom is 0.328 e. The van der Waals surface area contributed by atoms with Crippen molar-refractivity contribution in [1.29, 1.82) is 0 Å². The molecule has 11 heteroatoms. The molecule has 6 N–H and O–H groups in total. The molecule has 188 valence electrons. The molecule has 0 bridgehead atoms. The van der Waals surface area contributed by atoms with Crippen LogP contribution >= 0.6 is 11.6 Å². The molecule has 0 aromatic heterocycles. The van der Waals surface area contributed by atoms with Crippen LogP contribution in [0.4, 0.5) is 0 Å². The summed E-state index contributed by atoms with van der Waals surface area (Å²) in [6, 6.07) is 11.2. The summed E-state index contributed by atoms with van der Waals surface area (Å²) in [4.78, 5) is 48.7. The minimum absolute atomic E-state index is 0.0144. The first-order valence-electron chi connectivity index (χ1n) is 10.9. The van der Waals surface area contributed by atoms with Gasteiger partial charge in [-0.25, -0.2) is 4.79 Å². The Morgan fingerprint density at radius 1 is 1.00 bits per heavy atom. The molecule has 0 saturated carbocycles. The van der Waals surface area contributed by atoms with Gasteiger partial charge in [-0.05, 0) is 42.0 Å². The Balaban J connectivity index is 1.58. The summed E-state index contributed by atoms with van der Waals surface area (Å²) in [5.41, 5.74) is 1.14. The van der Waals surface area contributed by atoms with Crippen LogP contribution in [-0.2, 0) is 16.1 Å². The molecule has 2 atom stereocenters. The maximum atomic E-state index is 12.6. The van der Waals surface area contributed by atoms with Gasteiger partial charge in [0.05, 0.1) is 16.7 Å². The fraction of sp³-hybridized carbons (Fsp3) is 0.200. The van der Waals surface area contributed by atoms with Gasteiger partial charge in [-0.15, -0.1) is 0 Å². The lowest BCUT2D eigenvalue weighted by Crippen LogP contribution is -2.48. The highest BCUT2D eigenvalue weighted by atomic mass is 35.5. The lowest BCUT2D eigenvalue weighted by atomic mass is 10.0. The normalized spacial score (nSPS) is 15.7. The van der Waals surface area contributed by atoms with E-state index in [0.29, 0.717) is 11.1 Å². The monoisotopic (exact) mass is 513 g/mol. The number of amides is 3. The van der Waals surface area contributed by atoms with E-state index in [9.17, 15) is 34.5 Å². The molecule has 36 heavy (non-hydrogen) atoms. The quantitative estimate of drug-likeness (QED) is 0.297. The molecule has 3 rings (SSSR count). The average molecular weight is 514 g/mol. The number of rotatable bonds is 9. The van der Waals surface area contributed by atoms with Crippen molar-refractivity contribution in [3.8, 4) is 0 Å². The molecule has 1 aliphatic rings. The van der Waals surface area contributed by atoms with Gasteiger partial charge in [0.25, 0.3) is 11.8 Å². The number of hydrogen-bond acceptors (Lipinski definition) is 6. The second kappa shape index (κ2) is 12.0. The molecule has 0 fully saturated rings. The number of nitrogens with one attached hydrogen (secondary N) is 3. The van der Waals surface area contributed by atoms with Crippen molar-refractivity contribution in [3.63, 3.8) is 0 Å². The molecule has 1 aliphatic carbocycles. The number of aliphatic hydroxyl groups excluding tert-OH is 2.